The van der Waals surface area contributed by atoms with E-state index in [1.807, 2.05) is 0 Å². The highest BCUT2D eigenvalue weighted by Crippen LogP contribution is 2.23. The second-order valence-corrected chi connectivity index (χ2v) is 6.44. The Labute approximate surface area is 117 Å². The van der Waals surface area contributed by atoms with Crippen molar-refractivity contribution in [3.63, 3.8) is 0 Å². The van der Waals surface area contributed by atoms with Gasteiger partial charge >= 0.3 is 0 Å². The Hall–Kier alpha value is -1.67. The Kier molecular flexibility index (Phi) is 5.07. The fraction of sp³-hybridized carbons (Fsp3) is 0.417. The van der Waals surface area contributed by atoms with Gasteiger partial charge in [-0.05, 0) is 24.6 Å². The highest BCUT2D eigenvalue weighted by Gasteiger charge is 2.23. The Morgan fingerprint density at radius 2 is 2.05 bits per heavy atom. The number of hydrogen-bond donors (Lipinski definition) is 2. The van der Waals surface area contributed by atoms with Crippen molar-refractivity contribution in [2.24, 2.45) is 0 Å². The van der Waals surface area contributed by atoms with Crippen molar-refractivity contribution in [2.75, 3.05) is 26.4 Å². The van der Waals surface area contributed by atoms with Crippen LogP contribution in [0.2, 0.25) is 0 Å². The van der Waals surface area contributed by atoms with Crippen molar-refractivity contribution < 1.29 is 17.6 Å². The van der Waals surface area contributed by atoms with Gasteiger partial charge in [0.05, 0.1) is 10.6 Å². The molecule has 20 heavy (non-hydrogen) atoms. The summed E-state index contributed by atoms with van der Waals surface area (Å²) in [6.07, 6.45) is 0.0435. The van der Waals surface area contributed by atoms with Gasteiger partial charge in [0.2, 0.25) is 15.9 Å². The summed E-state index contributed by atoms with van der Waals surface area (Å²) in [4.78, 5) is 11.0. The number of carbonyl (C=O) groups excluding carboxylic acids is 1. The Morgan fingerprint density at radius 1 is 1.45 bits per heavy atom. The van der Waals surface area contributed by atoms with Crippen LogP contribution in [0.25, 0.3) is 0 Å². The SMILES string of the molecule is CNC(=O)CCN(C)S(=O)(=O)c1cc(C)c(F)c(N)c1. The van der Waals surface area contributed by atoms with E-state index in [4.69, 9.17) is 5.73 Å². The smallest absolute Gasteiger partial charge is 0.242 e. The molecular weight excluding hydrogens is 285 g/mol. The molecule has 0 aromatic heterocycles. The second-order valence-electron chi connectivity index (χ2n) is 4.39. The molecule has 0 aliphatic rings. The maximum atomic E-state index is 13.4. The molecule has 0 radical (unpaired) electrons. The van der Waals surface area contributed by atoms with Gasteiger partial charge in [0.1, 0.15) is 5.82 Å². The molecule has 0 fully saturated rings. The lowest BCUT2D eigenvalue weighted by molar-refractivity contribution is -0.120. The highest BCUT2D eigenvalue weighted by atomic mass is 32.2. The average Bonchev–Trinajstić information content (AvgIpc) is 2.40. The fourth-order valence-electron chi connectivity index (χ4n) is 1.60. The monoisotopic (exact) mass is 303 g/mol. The molecule has 1 amide bonds. The van der Waals surface area contributed by atoms with Crippen molar-refractivity contribution in [3.8, 4) is 0 Å². The van der Waals surface area contributed by atoms with E-state index in [1.54, 1.807) is 0 Å². The van der Waals surface area contributed by atoms with Crippen molar-refractivity contribution in [2.45, 2.75) is 18.2 Å². The highest BCUT2D eigenvalue weighted by molar-refractivity contribution is 7.89. The average molecular weight is 303 g/mol. The lowest BCUT2D eigenvalue weighted by Crippen LogP contribution is -2.31. The van der Waals surface area contributed by atoms with Crippen LogP contribution in [0.4, 0.5) is 10.1 Å². The van der Waals surface area contributed by atoms with E-state index in [9.17, 15) is 17.6 Å². The molecule has 0 spiro atoms. The van der Waals surface area contributed by atoms with Crippen molar-refractivity contribution in [3.05, 3.63) is 23.5 Å². The van der Waals surface area contributed by atoms with Crippen LogP contribution in [-0.4, -0.2) is 39.3 Å². The normalized spacial score (nSPS) is 11.7. The zero-order valence-electron chi connectivity index (χ0n) is 11.6. The molecule has 1 aromatic rings. The number of carbonyl (C=O) groups is 1. The van der Waals surface area contributed by atoms with Gasteiger partial charge in [0.15, 0.2) is 0 Å². The van der Waals surface area contributed by atoms with E-state index in [0.717, 1.165) is 10.4 Å². The molecule has 1 rings (SSSR count). The molecule has 8 heteroatoms. The topological polar surface area (TPSA) is 92.5 Å². The first-order valence-corrected chi connectivity index (χ1v) is 7.36. The number of nitrogens with one attached hydrogen (secondary N) is 1. The van der Waals surface area contributed by atoms with Crippen LogP contribution in [0, 0.1) is 12.7 Å². The molecule has 3 N–H and O–H groups in total. The number of nitrogens with zero attached hydrogens (tertiary/aromatic N) is 1. The molecule has 0 atom stereocenters. The van der Waals surface area contributed by atoms with Crippen LogP contribution in [0.15, 0.2) is 17.0 Å². The van der Waals surface area contributed by atoms with E-state index in [-0.39, 0.29) is 35.0 Å². The van der Waals surface area contributed by atoms with Gasteiger partial charge in [-0.3, -0.25) is 4.79 Å². The maximum Gasteiger partial charge on any atom is 0.242 e. The molecule has 0 aliphatic carbocycles. The number of sulfonamides is 1. The molecule has 1 aromatic carbocycles. The minimum Gasteiger partial charge on any atom is -0.396 e. The van der Waals surface area contributed by atoms with E-state index in [1.165, 1.54) is 27.1 Å². The largest absolute Gasteiger partial charge is 0.396 e. The van der Waals surface area contributed by atoms with Gasteiger partial charge in [-0.15, -0.1) is 0 Å². The summed E-state index contributed by atoms with van der Waals surface area (Å²) in [5.74, 6) is -0.890. The van der Waals surface area contributed by atoms with Crippen LogP contribution in [0.1, 0.15) is 12.0 Å². The van der Waals surface area contributed by atoms with Gasteiger partial charge in [0.25, 0.3) is 0 Å². The molecule has 0 unspecified atom stereocenters. The number of anilines is 1. The number of aryl methyl sites for hydroxylation is 1. The number of amides is 1. The van der Waals surface area contributed by atoms with Crippen molar-refractivity contribution in [1.29, 1.82) is 0 Å². The Morgan fingerprint density at radius 3 is 2.55 bits per heavy atom. The quantitative estimate of drug-likeness (QED) is 0.774. The predicted octanol–water partition coefficient (Wildman–Crippen LogP) is 0.473. The molecule has 0 heterocycles. The number of benzene rings is 1. The molecule has 0 saturated heterocycles. The van der Waals surface area contributed by atoms with E-state index >= 15 is 0 Å². The van der Waals surface area contributed by atoms with Gasteiger partial charge in [-0.25, -0.2) is 17.1 Å². The molecular formula is C12H18FN3O3S. The summed E-state index contributed by atoms with van der Waals surface area (Å²) >= 11 is 0. The Bertz CT molecular complexity index is 593. The van der Waals surface area contributed by atoms with Crippen LogP contribution >= 0.6 is 0 Å². The minimum atomic E-state index is -3.80. The number of hydrogen-bond acceptors (Lipinski definition) is 4. The molecule has 0 saturated carbocycles. The summed E-state index contributed by atoms with van der Waals surface area (Å²) < 4.78 is 39.0. The molecule has 6 nitrogen and oxygen atoms in total. The molecule has 112 valence electrons. The van der Waals surface area contributed by atoms with Gasteiger partial charge < -0.3 is 11.1 Å². The number of nitrogen functional groups attached to an aromatic ring is 1. The first-order valence-electron chi connectivity index (χ1n) is 5.92. The third-order valence-corrected chi connectivity index (χ3v) is 4.73. The Balaban J connectivity index is 3.01. The number of rotatable bonds is 5. The molecule has 0 bridgehead atoms. The summed E-state index contributed by atoms with van der Waals surface area (Å²) in [7, 11) is -0.971. The second kappa shape index (κ2) is 6.19. The van der Waals surface area contributed by atoms with E-state index in [2.05, 4.69) is 5.32 Å². The lowest BCUT2D eigenvalue weighted by atomic mass is 10.2. The van der Waals surface area contributed by atoms with Crippen molar-refractivity contribution in [1.82, 2.24) is 9.62 Å². The standard InChI is InChI=1S/C12H18FN3O3S/c1-8-6-9(7-10(14)12(8)13)20(18,19)16(3)5-4-11(17)15-2/h6-7H,4-5,14H2,1-3H3,(H,15,17). The number of nitrogens with two attached hydrogens (primary N) is 1. The maximum absolute atomic E-state index is 13.4. The van der Waals surface area contributed by atoms with E-state index in [0.29, 0.717) is 0 Å². The fourth-order valence-corrected chi connectivity index (χ4v) is 2.89. The molecule has 0 aliphatic heterocycles. The first kappa shape index (κ1) is 16.4. The summed E-state index contributed by atoms with van der Waals surface area (Å²) in [5.41, 5.74) is 5.38. The predicted molar refractivity (Wildman–Crippen MR) is 74.0 cm³/mol. The van der Waals surface area contributed by atoms with Crippen LogP contribution < -0.4 is 11.1 Å². The van der Waals surface area contributed by atoms with Gasteiger partial charge in [0, 0.05) is 27.1 Å². The zero-order chi connectivity index (χ0) is 15.5. The van der Waals surface area contributed by atoms with Crippen LogP contribution in [-0.2, 0) is 14.8 Å². The lowest BCUT2D eigenvalue weighted by Gasteiger charge is -2.17. The number of halogens is 1. The van der Waals surface area contributed by atoms with Crippen molar-refractivity contribution >= 4 is 21.6 Å². The summed E-state index contributed by atoms with van der Waals surface area (Å²) in [6.45, 7) is 1.47. The van der Waals surface area contributed by atoms with Crippen LogP contribution in [0.3, 0.4) is 0 Å². The first-order chi connectivity index (χ1) is 9.20. The van der Waals surface area contributed by atoms with Gasteiger partial charge in [-0.1, -0.05) is 0 Å². The summed E-state index contributed by atoms with van der Waals surface area (Å²) in [5, 5.41) is 2.41. The van der Waals surface area contributed by atoms with Crippen LogP contribution in [0.5, 0.6) is 0 Å². The third-order valence-electron chi connectivity index (χ3n) is 2.90. The van der Waals surface area contributed by atoms with E-state index < -0.39 is 15.8 Å². The van der Waals surface area contributed by atoms with Gasteiger partial charge in [-0.2, -0.15) is 0 Å². The minimum absolute atomic E-state index is 0.0261. The summed E-state index contributed by atoms with van der Waals surface area (Å²) in [6, 6.07) is 2.30. The zero-order valence-corrected chi connectivity index (χ0v) is 12.4. The third kappa shape index (κ3) is 3.45.